The Balaban J connectivity index is 2.31. The number of nitrogens with two attached hydrogens (primary N) is 1. The van der Waals surface area contributed by atoms with Gasteiger partial charge in [0.25, 0.3) is 5.91 Å². The number of carbonyl (C=O) groups excluding carboxylic acids is 1. The van der Waals surface area contributed by atoms with Gasteiger partial charge in [-0.3, -0.25) is 4.79 Å². The number of halogens is 1. The highest BCUT2D eigenvalue weighted by atomic mass is 79.9. The zero-order valence-corrected chi connectivity index (χ0v) is 13.9. The number of hydrogen-bond donors (Lipinski definition) is 2. The van der Waals surface area contributed by atoms with Crippen molar-refractivity contribution in [2.45, 2.75) is 6.92 Å². The maximum absolute atomic E-state index is 12.5. The Labute approximate surface area is 134 Å². The van der Waals surface area contributed by atoms with Gasteiger partial charge in [0.15, 0.2) is 5.84 Å². The number of aryl methyl sites for hydroxylation is 1. The van der Waals surface area contributed by atoms with E-state index < -0.39 is 0 Å². The standard InChI is InChI=1S/C14H14BrN3O2S/c1-8-6-11(21-12(8)15)14(19)18(2)10-5-3-4-9(7-10)13(16)17-20/h3-7,20H,1-2H3,(H2,16,17). The van der Waals surface area contributed by atoms with Crippen molar-refractivity contribution in [2.24, 2.45) is 10.9 Å². The van der Waals surface area contributed by atoms with Crippen molar-refractivity contribution in [1.29, 1.82) is 0 Å². The predicted molar refractivity (Wildman–Crippen MR) is 88.4 cm³/mol. The average Bonchev–Trinajstić information content (AvgIpc) is 2.84. The number of amidine groups is 1. The molecule has 1 aromatic carbocycles. The van der Waals surface area contributed by atoms with Crippen LogP contribution >= 0.6 is 27.3 Å². The summed E-state index contributed by atoms with van der Waals surface area (Å²) in [4.78, 5) is 14.6. The highest BCUT2D eigenvalue weighted by Crippen LogP contribution is 2.29. The third kappa shape index (κ3) is 3.25. The summed E-state index contributed by atoms with van der Waals surface area (Å²) in [6.45, 7) is 1.94. The number of carbonyl (C=O) groups is 1. The second-order valence-electron chi connectivity index (χ2n) is 4.47. The number of thiophene rings is 1. The van der Waals surface area contributed by atoms with Crippen molar-refractivity contribution < 1.29 is 10.0 Å². The molecule has 1 heterocycles. The van der Waals surface area contributed by atoms with Crippen LogP contribution < -0.4 is 10.6 Å². The van der Waals surface area contributed by atoms with Crippen LogP contribution in [0.3, 0.4) is 0 Å². The fourth-order valence-electron chi connectivity index (χ4n) is 1.78. The van der Waals surface area contributed by atoms with E-state index in [1.165, 1.54) is 16.2 Å². The maximum Gasteiger partial charge on any atom is 0.268 e. The van der Waals surface area contributed by atoms with Gasteiger partial charge in [-0.2, -0.15) is 0 Å². The van der Waals surface area contributed by atoms with Gasteiger partial charge in [0.2, 0.25) is 0 Å². The van der Waals surface area contributed by atoms with Gasteiger partial charge in [0.1, 0.15) is 0 Å². The first-order chi connectivity index (χ1) is 9.93. The Morgan fingerprint density at radius 2 is 2.14 bits per heavy atom. The molecule has 0 aliphatic carbocycles. The molecule has 0 bridgehead atoms. The average molecular weight is 368 g/mol. The van der Waals surface area contributed by atoms with Gasteiger partial charge in [-0.1, -0.05) is 17.3 Å². The normalized spacial score (nSPS) is 11.5. The topological polar surface area (TPSA) is 78.9 Å². The van der Waals surface area contributed by atoms with Crippen LogP contribution in [0.4, 0.5) is 5.69 Å². The molecule has 1 amide bonds. The number of rotatable bonds is 3. The molecule has 0 radical (unpaired) electrons. The van der Waals surface area contributed by atoms with Gasteiger partial charge in [-0.15, -0.1) is 11.3 Å². The molecule has 7 heteroatoms. The minimum atomic E-state index is -0.106. The van der Waals surface area contributed by atoms with Crippen molar-refractivity contribution in [3.8, 4) is 0 Å². The van der Waals surface area contributed by atoms with Gasteiger partial charge >= 0.3 is 0 Å². The highest BCUT2D eigenvalue weighted by molar-refractivity contribution is 9.11. The monoisotopic (exact) mass is 367 g/mol. The largest absolute Gasteiger partial charge is 0.409 e. The van der Waals surface area contributed by atoms with E-state index >= 15 is 0 Å². The maximum atomic E-state index is 12.5. The first kappa shape index (κ1) is 15.5. The number of hydrogen-bond acceptors (Lipinski definition) is 4. The fraction of sp³-hybridized carbons (Fsp3) is 0.143. The Morgan fingerprint density at radius 1 is 1.43 bits per heavy atom. The first-order valence-electron chi connectivity index (χ1n) is 6.06. The lowest BCUT2D eigenvalue weighted by molar-refractivity contribution is 0.0997. The summed E-state index contributed by atoms with van der Waals surface area (Å²) in [6, 6.07) is 8.80. The lowest BCUT2D eigenvalue weighted by Gasteiger charge is -2.17. The van der Waals surface area contributed by atoms with E-state index in [0.29, 0.717) is 16.1 Å². The number of nitrogens with zero attached hydrogens (tertiary/aromatic N) is 2. The number of amides is 1. The van der Waals surface area contributed by atoms with Crippen LogP contribution in [0.25, 0.3) is 0 Å². The molecule has 0 saturated carbocycles. The molecule has 1 aromatic heterocycles. The predicted octanol–water partition coefficient (Wildman–Crippen LogP) is 3.19. The summed E-state index contributed by atoms with van der Waals surface area (Å²) in [6.07, 6.45) is 0. The number of benzene rings is 1. The molecule has 5 nitrogen and oxygen atoms in total. The fourth-order valence-corrected chi connectivity index (χ4v) is 3.29. The molecule has 0 fully saturated rings. The summed E-state index contributed by atoms with van der Waals surface area (Å²) >= 11 is 4.81. The zero-order chi connectivity index (χ0) is 15.6. The second-order valence-corrected chi connectivity index (χ2v) is 6.84. The van der Waals surface area contributed by atoms with Crippen LogP contribution in [-0.4, -0.2) is 24.0 Å². The van der Waals surface area contributed by atoms with Crippen LogP contribution in [-0.2, 0) is 0 Å². The van der Waals surface area contributed by atoms with Crippen LogP contribution in [0.1, 0.15) is 20.8 Å². The van der Waals surface area contributed by atoms with E-state index in [4.69, 9.17) is 10.9 Å². The second kappa shape index (κ2) is 6.28. The molecule has 2 aromatic rings. The molecular weight excluding hydrogens is 354 g/mol. The SMILES string of the molecule is Cc1cc(C(=O)N(C)c2cccc(/C(N)=N/O)c2)sc1Br. The molecule has 0 atom stereocenters. The van der Waals surface area contributed by atoms with E-state index in [0.717, 1.165) is 9.35 Å². The zero-order valence-electron chi connectivity index (χ0n) is 11.5. The Hall–Kier alpha value is -1.86. The quantitative estimate of drug-likeness (QED) is 0.378. The Morgan fingerprint density at radius 3 is 2.71 bits per heavy atom. The van der Waals surface area contributed by atoms with Crippen molar-refractivity contribution in [1.82, 2.24) is 0 Å². The van der Waals surface area contributed by atoms with E-state index in [1.54, 1.807) is 31.3 Å². The van der Waals surface area contributed by atoms with Crippen LogP contribution in [0.2, 0.25) is 0 Å². The molecule has 2 rings (SSSR count). The third-order valence-electron chi connectivity index (χ3n) is 3.01. The van der Waals surface area contributed by atoms with Crippen LogP contribution in [0.15, 0.2) is 39.3 Å². The summed E-state index contributed by atoms with van der Waals surface area (Å²) in [5, 5.41) is 11.7. The summed E-state index contributed by atoms with van der Waals surface area (Å²) in [5.74, 6) is -0.0992. The van der Waals surface area contributed by atoms with Crippen LogP contribution in [0.5, 0.6) is 0 Å². The van der Waals surface area contributed by atoms with Crippen molar-refractivity contribution >= 4 is 44.7 Å². The minimum absolute atomic E-state index is 0.00686. The van der Waals surface area contributed by atoms with Crippen molar-refractivity contribution in [2.75, 3.05) is 11.9 Å². The number of oxime groups is 1. The molecule has 3 N–H and O–H groups in total. The smallest absolute Gasteiger partial charge is 0.268 e. The molecule has 0 saturated heterocycles. The molecule has 21 heavy (non-hydrogen) atoms. The molecule has 110 valence electrons. The van der Waals surface area contributed by atoms with Gasteiger partial charge in [0.05, 0.1) is 8.66 Å². The van der Waals surface area contributed by atoms with Crippen molar-refractivity contribution in [3.63, 3.8) is 0 Å². The summed E-state index contributed by atoms with van der Waals surface area (Å²) < 4.78 is 0.949. The molecular formula is C14H14BrN3O2S. The Bertz CT molecular complexity index is 692. The van der Waals surface area contributed by atoms with Crippen LogP contribution in [0, 0.1) is 6.92 Å². The van der Waals surface area contributed by atoms with E-state index in [-0.39, 0.29) is 11.7 Å². The molecule has 0 spiro atoms. The van der Waals surface area contributed by atoms with Gasteiger partial charge < -0.3 is 15.8 Å². The lowest BCUT2D eigenvalue weighted by Crippen LogP contribution is -2.26. The lowest BCUT2D eigenvalue weighted by atomic mass is 10.1. The Kier molecular flexibility index (Phi) is 4.64. The minimum Gasteiger partial charge on any atom is -0.409 e. The first-order valence-corrected chi connectivity index (χ1v) is 7.67. The van der Waals surface area contributed by atoms with Gasteiger partial charge in [0, 0.05) is 18.3 Å². The molecule has 0 aliphatic heterocycles. The van der Waals surface area contributed by atoms with E-state index in [9.17, 15) is 4.79 Å². The van der Waals surface area contributed by atoms with Gasteiger partial charge in [-0.25, -0.2) is 0 Å². The summed E-state index contributed by atoms with van der Waals surface area (Å²) in [5.41, 5.74) is 7.82. The third-order valence-corrected chi connectivity index (χ3v) is 5.13. The highest BCUT2D eigenvalue weighted by Gasteiger charge is 2.17. The number of anilines is 1. The van der Waals surface area contributed by atoms with Crippen molar-refractivity contribution in [3.05, 3.63) is 50.1 Å². The van der Waals surface area contributed by atoms with Gasteiger partial charge in [-0.05, 0) is 46.6 Å². The molecule has 0 unspecified atom stereocenters. The van der Waals surface area contributed by atoms with E-state index in [2.05, 4.69) is 21.1 Å². The van der Waals surface area contributed by atoms with E-state index in [1.807, 2.05) is 13.0 Å². The molecule has 0 aliphatic rings. The summed E-state index contributed by atoms with van der Waals surface area (Å²) in [7, 11) is 1.69.